The van der Waals surface area contributed by atoms with Gasteiger partial charge in [-0.05, 0) is 38.0 Å². The highest BCUT2D eigenvalue weighted by molar-refractivity contribution is 5.71. The van der Waals surface area contributed by atoms with Crippen molar-refractivity contribution < 1.29 is 4.24 Å². The Morgan fingerprint density at radius 3 is 2.57 bits per heavy atom. The van der Waals surface area contributed by atoms with Gasteiger partial charge in [-0.25, -0.2) is 4.24 Å². The molecule has 0 bridgehead atoms. The molecule has 0 saturated carbocycles. The Bertz CT molecular complexity index is 914. The number of fused-ring (bicyclic) bond motifs is 1. The number of nitrogens with zero attached hydrogens (tertiary/aromatic N) is 1. The number of hydrogen-bond acceptors (Lipinski definition) is 0. The summed E-state index contributed by atoms with van der Waals surface area (Å²) in [5.74, 6) is 0.540. The van der Waals surface area contributed by atoms with Crippen LogP contribution in [0.25, 0.3) is 17.3 Å². The zero-order valence-electron chi connectivity index (χ0n) is 14.8. The number of pyridine rings is 1. The molecule has 0 fully saturated rings. The summed E-state index contributed by atoms with van der Waals surface area (Å²) in [7, 11) is 0. The van der Waals surface area contributed by atoms with Crippen molar-refractivity contribution in [2.24, 2.45) is 5.92 Å². The van der Waals surface area contributed by atoms with Gasteiger partial charge in [0.2, 0.25) is 0 Å². The largest absolute Gasteiger partial charge is 0.214 e. The zero-order valence-corrected chi connectivity index (χ0v) is 14.8. The summed E-state index contributed by atoms with van der Waals surface area (Å²) in [6.07, 6.45) is 8.87. The van der Waals surface area contributed by atoms with E-state index in [0.717, 1.165) is 0 Å². The fourth-order valence-electron chi connectivity index (χ4n) is 3.28. The van der Waals surface area contributed by atoms with E-state index in [4.69, 9.17) is 0 Å². The number of rotatable bonds is 2. The molecule has 1 nitrogen and oxygen atoms in total. The van der Waals surface area contributed by atoms with E-state index in [-0.39, 0.29) is 0 Å². The third kappa shape index (κ3) is 2.72. The van der Waals surface area contributed by atoms with Gasteiger partial charge >= 0.3 is 0 Å². The lowest BCUT2D eigenvalue weighted by molar-refractivity contribution is -0.486. The van der Waals surface area contributed by atoms with Gasteiger partial charge in [-0.1, -0.05) is 48.2 Å². The van der Waals surface area contributed by atoms with Crippen LogP contribution in [0.4, 0.5) is 0 Å². The summed E-state index contributed by atoms with van der Waals surface area (Å²) in [5, 5.41) is 1.28. The summed E-state index contributed by atoms with van der Waals surface area (Å²) in [6.45, 7) is 15.2. The average molecular weight is 303 g/mol. The van der Waals surface area contributed by atoms with Gasteiger partial charge in [0.15, 0.2) is 6.20 Å². The second-order valence-corrected chi connectivity index (χ2v) is 6.89. The summed E-state index contributed by atoms with van der Waals surface area (Å²) < 4.78 is 2.00. The molecule has 1 heterocycles. The van der Waals surface area contributed by atoms with Crippen molar-refractivity contribution in [3.63, 3.8) is 0 Å². The van der Waals surface area contributed by atoms with Gasteiger partial charge in [-0.2, -0.15) is 0 Å². The molecular formula is C22H25N. The number of allylic oxidation sites excluding steroid dienone is 2. The first-order chi connectivity index (χ1) is 10.9. The van der Waals surface area contributed by atoms with Crippen LogP contribution < -0.4 is 9.46 Å². The smallest absolute Gasteiger partial charge is 0.156 e. The average Bonchev–Trinajstić information content (AvgIpc) is 2.50. The summed E-state index contributed by atoms with van der Waals surface area (Å²) in [6, 6.07) is 6.68. The van der Waals surface area contributed by atoms with Crippen molar-refractivity contribution in [2.45, 2.75) is 34.6 Å². The zero-order chi connectivity index (χ0) is 16.7. The molecule has 0 unspecified atom stereocenters. The van der Waals surface area contributed by atoms with E-state index in [1.165, 1.54) is 44.3 Å². The summed E-state index contributed by atoms with van der Waals surface area (Å²) in [4.78, 5) is 0. The highest BCUT2D eigenvalue weighted by Gasteiger charge is 2.14. The lowest BCUT2D eigenvalue weighted by Gasteiger charge is -2.22. The topological polar surface area (TPSA) is 5.90 Å². The maximum Gasteiger partial charge on any atom is 0.156 e. The van der Waals surface area contributed by atoms with Gasteiger partial charge in [-0.15, -0.1) is 24.1 Å². The molecule has 0 atom stereocenters. The van der Waals surface area contributed by atoms with Gasteiger partial charge in [0, 0.05) is 5.56 Å². The Labute approximate surface area is 139 Å². The molecule has 1 aliphatic carbocycles. The molecule has 23 heavy (non-hydrogen) atoms. The van der Waals surface area contributed by atoms with Crippen molar-refractivity contribution in [3.8, 4) is 11.3 Å². The third-order valence-electron chi connectivity index (χ3n) is 4.79. The predicted molar refractivity (Wildman–Crippen MR) is 97.5 cm³/mol. The third-order valence-corrected chi connectivity index (χ3v) is 4.79. The standard InChI is InChI=1S/C22H25N/c1-14(2)18-7-8-20-19(13-18)9-10-23(6)22(20)21-12-15(3)11-16(4)17(21)5/h7-14H,6H2,1-5H3. The van der Waals surface area contributed by atoms with Gasteiger partial charge in [0.1, 0.15) is 12.4 Å². The number of hydrogen-bond donors (Lipinski definition) is 0. The van der Waals surface area contributed by atoms with Crippen LogP contribution in [0.3, 0.4) is 0 Å². The molecule has 0 amide bonds. The normalized spacial score (nSPS) is 13.2. The van der Waals surface area contributed by atoms with Crippen LogP contribution >= 0.6 is 0 Å². The molecule has 3 rings (SSSR count). The van der Waals surface area contributed by atoms with Crippen LogP contribution in [0.2, 0.25) is 0 Å². The van der Waals surface area contributed by atoms with Gasteiger partial charge < -0.3 is 0 Å². The van der Waals surface area contributed by atoms with Crippen molar-refractivity contribution in [2.75, 3.05) is 0 Å². The van der Waals surface area contributed by atoms with E-state index < -0.39 is 0 Å². The highest BCUT2D eigenvalue weighted by atomic mass is 14.8. The quantitative estimate of drug-likeness (QED) is 0.581. The molecule has 1 aromatic carbocycles. The Balaban J connectivity index is 2.31. The monoisotopic (exact) mass is 303 g/mol. The lowest BCUT2D eigenvalue weighted by Crippen LogP contribution is -2.27. The van der Waals surface area contributed by atoms with Crippen LogP contribution in [-0.2, 0) is 0 Å². The van der Waals surface area contributed by atoms with E-state index >= 15 is 0 Å². The van der Waals surface area contributed by atoms with Crippen LogP contribution in [0, 0.1) is 39.8 Å². The first kappa shape index (κ1) is 15.6. The number of aromatic nitrogens is 1. The van der Waals surface area contributed by atoms with Gasteiger partial charge in [0.05, 0.1) is 0 Å². The van der Waals surface area contributed by atoms with Crippen LogP contribution in [0.5, 0.6) is 0 Å². The number of aryl methyl sites for hydroxylation is 2. The Hall–Kier alpha value is -2.28. The van der Waals surface area contributed by atoms with Crippen molar-refractivity contribution in [1.29, 1.82) is 0 Å². The van der Waals surface area contributed by atoms with E-state index in [0.29, 0.717) is 5.92 Å². The second-order valence-electron chi connectivity index (χ2n) is 6.89. The maximum absolute atomic E-state index is 4.22. The van der Waals surface area contributed by atoms with Crippen molar-refractivity contribution in [1.82, 2.24) is 0 Å². The van der Waals surface area contributed by atoms with E-state index in [9.17, 15) is 0 Å². The van der Waals surface area contributed by atoms with E-state index in [2.05, 4.69) is 84.3 Å². The molecule has 0 aliphatic heterocycles. The van der Waals surface area contributed by atoms with Crippen LogP contribution in [-0.4, -0.2) is 0 Å². The summed E-state index contributed by atoms with van der Waals surface area (Å²) >= 11 is 0. The molecule has 1 heteroatoms. The molecule has 1 aliphatic rings. The SMILES string of the molecule is C=[n+]1ccc2c(c1-c1cc(C)cc(C)c1C)[CH-]C=C(C(C)C)C=2. The van der Waals surface area contributed by atoms with E-state index in [1.54, 1.807) is 0 Å². The molecule has 0 saturated heterocycles. The Morgan fingerprint density at radius 1 is 1.13 bits per heavy atom. The molecule has 1 aromatic heterocycles. The predicted octanol–water partition coefficient (Wildman–Crippen LogP) is 4.13. The van der Waals surface area contributed by atoms with Gasteiger partial charge in [0.25, 0.3) is 0 Å². The fourth-order valence-corrected chi connectivity index (χ4v) is 3.28. The number of benzene rings is 1. The van der Waals surface area contributed by atoms with Crippen molar-refractivity contribution >= 4 is 6.08 Å². The second kappa shape index (κ2) is 5.73. The summed E-state index contributed by atoms with van der Waals surface area (Å²) in [5.41, 5.74) is 9.06. The van der Waals surface area contributed by atoms with Crippen molar-refractivity contribution in [3.05, 3.63) is 76.7 Å². The highest BCUT2D eigenvalue weighted by Crippen LogP contribution is 2.28. The van der Waals surface area contributed by atoms with E-state index in [1.807, 2.05) is 4.24 Å². The minimum Gasteiger partial charge on any atom is -0.214 e. The first-order valence-corrected chi connectivity index (χ1v) is 8.26. The molecule has 118 valence electrons. The molecular weight excluding hydrogens is 278 g/mol. The fraction of sp³-hybridized carbons (Fsp3) is 0.273. The maximum atomic E-state index is 4.22. The first-order valence-electron chi connectivity index (χ1n) is 8.26. The van der Waals surface area contributed by atoms with Crippen LogP contribution in [0.15, 0.2) is 36.0 Å². The lowest BCUT2D eigenvalue weighted by atomic mass is 9.89. The Morgan fingerprint density at radius 2 is 1.87 bits per heavy atom. The Kier molecular flexibility index (Phi) is 3.89. The minimum atomic E-state index is 0.540. The minimum absolute atomic E-state index is 0.540. The molecule has 2 aromatic rings. The molecule has 0 radical (unpaired) electrons. The van der Waals surface area contributed by atoms with Crippen LogP contribution in [0.1, 0.15) is 36.1 Å². The molecule has 0 spiro atoms. The van der Waals surface area contributed by atoms with Gasteiger partial charge in [-0.3, -0.25) is 0 Å². The molecule has 0 N–H and O–H groups in total.